The van der Waals surface area contributed by atoms with Crippen molar-refractivity contribution in [3.63, 3.8) is 0 Å². The lowest BCUT2D eigenvalue weighted by atomic mass is 9.91. The Morgan fingerprint density at radius 2 is 1.56 bits per heavy atom. The van der Waals surface area contributed by atoms with E-state index in [4.69, 9.17) is 4.74 Å². The van der Waals surface area contributed by atoms with Gasteiger partial charge in [-0.3, -0.25) is 9.36 Å². The van der Waals surface area contributed by atoms with Gasteiger partial charge in [0.1, 0.15) is 30.0 Å². The monoisotopic (exact) mass is 811 g/mol. The predicted octanol–water partition coefficient (Wildman–Crippen LogP) is 3.04. The molecule has 5 aromatic rings. The van der Waals surface area contributed by atoms with Crippen LogP contribution in [0.25, 0.3) is 21.9 Å². The van der Waals surface area contributed by atoms with Crippen molar-refractivity contribution >= 4 is 32.5 Å². The van der Waals surface area contributed by atoms with Gasteiger partial charge in [0.2, 0.25) is 0 Å². The summed E-state index contributed by atoms with van der Waals surface area (Å²) in [5.41, 5.74) is -1.71. The molecule has 0 amide bonds. The molecule has 0 bridgehead atoms. The highest BCUT2D eigenvalue weighted by Gasteiger charge is 2.47. The third-order valence-corrected chi connectivity index (χ3v) is 11.8. The number of benzene rings is 4. The van der Waals surface area contributed by atoms with Crippen molar-refractivity contribution in [2.24, 2.45) is 0 Å². The molecule has 6 rings (SSSR count). The van der Waals surface area contributed by atoms with Crippen molar-refractivity contribution in [2.45, 2.75) is 54.6 Å². The van der Waals surface area contributed by atoms with Crippen molar-refractivity contribution < 1.29 is 56.7 Å². The molecule has 0 spiro atoms. The van der Waals surface area contributed by atoms with Crippen LogP contribution in [0.15, 0.2) is 107 Å². The highest BCUT2D eigenvalue weighted by molar-refractivity contribution is 7.89. The number of carbonyl (C=O) groups excluding carboxylic acids is 1. The van der Waals surface area contributed by atoms with Crippen molar-refractivity contribution in [1.82, 2.24) is 8.87 Å². The van der Waals surface area contributed by atoms with Crippen LogP contribution in [0, 0.1) is 0 Å². The van der Waals surface area contributed by atoms with Gasteiger partial charge in [-0.15, -0.1) is 0 Å². The van der Waals surface area contributed by atoms with E-state index in [-0.39, 0.29) is 35.3 Å². The summed E-state index contributed by atoms with van der Waals surface area (Å²) in [6, 6.07) is 23.4. The van der Waals surface area contributed by atoms with Crippen molar-refractivity contribution in [1.29, 1.82) is 0 Å². The number of halogens is 3. The molecule has 2 heterocycles. The number of carbonyl (C=O) groups is 1. The van der Waals surface area contributed by atoms with Crippen LogP contribution >= 0.6 is 0 Å². The Bertz CT molecular complexity index is 2420. The predicted molar refractivity (Wildman–Crippen MR) is 203 cm³/mol. The SMILES string of the molecule is COC(=O)C1CN(C[C@H](O)[C@@H](O)[C@H](O)[C@H](O)CO)S(=O)(=O)c2c(-c3cccc(C(F)(F)F)c3)c(Cc3cccc4ccccc34)c(NCc3ccccc3)c(=O)n21. The number of methoxy groups -OCH3 is 1. The number of pyridine rings is 1. The normalized spacial score (nSPS) is 17.7. The Balaban J connectivity index is 1.69. The average molecular weight is 812 g/mol. The maximum absolute atomic E-state index is 14.9. The number of ether oxygens (including phenoxy) is 1. The second-order valence-electron chi connectivity index (χ2n) is 13.6. The lowest BCUT2D eigenvalue weighted by Crippen LogP contribution is -2.55. The Kier molecular flexibility index (Phi) is 12.2. The van der Waals surface area contributed by atoms with Crippen LogP contribution in [0.2, 0.25) is 0 Å². The molecule has 6 N–H and O–H groups in total. The van der Waals surface area contributed by atoms with Gasteiger partial charge in [-0.25, -0.2) is 13.2 Å². The maximum Gasteiger partial charge on any atom is 0.416 e. The lowest BCUT2D eigenvalue weighted by Gasteiger charge is -2.38. The van der Waals surface area contributed by atoms with E-state index in [1.54, 1.807) is 60.7 Å². The summed E-state index contributed by atoms with van der Waals surface area (Å²) in [6.45, 7) is -2.90. The summed E-state index contributed by atoms with van der Waals surface area (Å²) >= 11 is 0. The fraction of sp³-hybridized carbons (Fsp3) is 0.300. The first-order chi connectivity index (χ1) is 27.1. The summed E-state index contributed by atoms with van der Waals surface area (Å²) in [5.74, 6) is -1.12. The van der Waals surface area contributed by atoms with E-state index < -0.39 is 88.5 Å². The molecule has 57 heavy (non-hydrogen) atoms. The van der Waals surface area contributed by atoms with E-state index in [1.165, 1.54) is 6.07 Å². The van der Waals surface area contributed by atoms with Gasteiger partial charge in [-0.05, 0) is 45.2 Å². The molecule has 0 saturated carbocycles. The topological polar surface area (TPSA) is 199 Å². The summed E-state index contributed by atoms with van der Waals surface area (Å²) in [7, 11) is -4.12. The number of rotatable bonds is 13. The molecular formula is C40H40F3N3O10S. The van der Waals surface area contributed by atoms with Gasteiger partial charge in [0.15, 0.2) is 5.03 Å². The van der Waals surface area contributed by atoms with E-state index in [9.17, 15) is 56.7 Å². The molecule has 302 valence electrons. The van der Waals surface area contributed by atoms with Crippen LogP contribution in [0.5, 0.6) is 0 Å². The van der Waals surface area contributed by atoms with Gasteiger partial charge in [0.05, 0.1) is 25.4 Å². The molecule has 1 aliphatic heterocycles. The van der Waals surface area contributed by atoms with Gasteiger partial charge in [-0.1, -0.05) is 84.9 Å². The number of nitrogens with one attached hydrogen (secondary N) is 1. The third kappa shape index (κ3) is 8.31. The van der Waals surface area contributed by atoms with Gasteiger partial charge in [0.25, 0.3) is 15.6 Å². The van der Waals surface area contributed by atoms with Gasteiger partial charge in [-0.2, -0.15) is 17.5 Å². The first-order valence-corrected chi connectivity index (χ1v) is 19.2. The summed E-state index contributed by atoms with van der Waals surface area (Å²) in [6.07, 6.45) is -13.5. The number of alkyl halides is 3. The molecule has 1 aliphatic rings. The molecule has 1 unspecified atom stereocenters. The largest absolute Gasteiger partial charge is 0.467 e. The van der Waals surface area contributed by atoms with E-state index in [1.807, 2.05) is 12.1 Å². The van der Waals surface area contributed by atoms with Crippen LogP contribution in [0.3, 0.4) is 0 Å². The Morgan fingerprint density at radius 3 is 2.25 bits per heavy atom. The molecule has 5 atom stereocenters. The average Bonchev–Trinajstić information content (AvgIpc) is 3.20. The van der Waals surface area contributed by atoms with E-state index in [0.717, 1.165) is 30.7 Å². The molecule has 13 nitrogen and oxygen atoms in total. The smallest absolute Gasteiger partial charge is 0.416 e. The molecule has 0 saturated heterocycles. The first kappa shape index (κ1) is 41.5. The quantitative estimate of drug-likeness (QED) is 0.0957. The molecule has 1 aromatic heterocycles. The lowest BCUT2D eigenvalue weighted by molar-refractivity contribution is -0.145. The molecule has 4 aromatic carbocycles. The van der Waals surface area contributed by atoms with Gasteiger partial charge >= 0.3 is 12.1 Å². The second kappa shape index (κ2) is 16.8. The van der Waals surface area contributed by atoms with Crippen LogP contribution in [0.4, 0.5) is 18.9 Å². The number of aliphatic hydroxyl groups excluding tert-OH is 5. The highest BCUT2D eigenvalue weighted by atomic mass is 32.2. The number of sulfonamides is 1. The second-order valence-corrected chi connectivity index (χ2v) is 15.5. The summed E-state index contributed by atoms with van der Waals surface area (Å²) in [5, 5.41) is 54.7. The number of nitrogens with zero attached hydrogens (tertiary/aromatic N) is 2. The zero-order chi connectivity index (χ0) is 41.2. The fourth-order valence-corrected chi connectivity index (χ4v) is 8.94. The highest BCUT2D eigenvalue weighted by Crippen LogP contribution is 2.43. The molecular weight excluding hydrogens is 772 g/mol. The number of β-amino-alcohol motifs (C(OH)–C–C–N with tert-alkyl or cyclic N) is 1. The van der Waals surface area contributed by atoms with E-state index in [0.29, 0.717) is 25.4 Å². The fourth-order valence-electron chi connectivity index (χ4n) is 7.05. The van der Waals surface area contributed by atoms with Crippen molar-refractivity contribution in [2.75, 3.05) is 32.1 Å². The van der Waals surface area contributed by atoms with Crippen LogP contribution in [0.1, 0.15) is 28.3 Å². The van der Waals surface area contributed by atoms with Gasteiger partial charge < -0.3 is 35.6 Å². The number of hydrogen-bond donors (Lipinski definition) is 6. The molecule has 0 radical (unpaired) electrons. The Morgan fingerprint density at radius 1 is 0.912 bits per heavy atom. The van der Waals surface area contributed by atoms with E-state index in [2.05, 4.69) is 5.32 Å². The number of fused-ring (bicyclic) bond motifs is 2. The van der Waals surface area contributed by atoms with Crippen LogP contribution < -0.4 is 10.9 Å². The number of esters is 1. The number of aromatic nitrogens is 1. The molecule has 0 fully saturated rings. The Labute approximate surface area is 324 Å². The number of anilines is 1. The van der Waals surface area contributed by atoms with E-state index >= 15 is 0 Å². The zero-order valence-electron chi connectivity index (χ0n) is 30.4. The van der Waals surface area contributed by atoms with Crippen LogP contribution in [-0.4, -0.2) is 100 Å². The summed E-state index contributed by atoms with van der Waals surface area (Å²) in [4.78, 5) is 28.5. The number of aliphatic hydroxyl groups is 5. The van der Waals surface area contributed by atoms with Crippen molar-refractivity contribution in [3.8, 4) is 11.1 Å². The Hall–Kier alpha value is -5.14. The minimum atomic E-state index is -5.11. The molecule has 17 heteroatoms. The number of hydrogen-bond acceptors (Lipinski definition) is 11. The zero-order valence-corrected chi connectivity index (χ0v) is 31.2. The third-order valence-electron chi connectivity index (χ3n) is 9.97. The van der Waals surface area contributed by atoms with Gasteiger partial charge in [0, 0.05) is 31.6 Å². The molecule has 0 aliphatic carbocycles. The van der Waals surface area contributed by atoms with Crippen molar-refractivity contribution in [3.05, 3.63) is 130 Å². The summed E-state index contributed by atoms with van der Waals surface area (Å²) < 4.78 is 79.1. The van der Waals surface area contributed by atoms with Crippen LogP contribution in [-0.2, 0) is 38.7 Å². The minimum absolute atomic E-state index is 0.00780. The maximum atomic E-state index is 14.9. The minimum Gasteiger partial charge on any atom is -0.467 e. The first-order valence-electron chi connectivity index (χ1n) is 17.7. The standard InChI is InChI=1S/C40H40F3N3O10S/c1-56-39(53)30-20-45(21-31(48)35(50)36(51)32(49)22-47)57(54,55)38-33(26-14-8-15-27(17-26)40(41,42)43)29(18-25-13-7-12-24-11-5-6-16-28(24)25)34(37(52)46(30)38)44-19-23-9-3-2-4-10-23/h2-17,30-32,35-36,44,47-51H,18-22H2,1H3/t30?,31-,32+,35+,36+/m0/s1.